The lowest BCUT2D eigenvalue weighted by molar-refractivity contribution is -0.116. The molecular formula is C20H30ClIN6O. The van der Waals surface area contributed by atoms with Crippen molar-refractivity contribution in [1.82, 2.24) is 19.7 Å². The van der Waals surface area contributed by atoms with Gasteiger partial charge in [-0.05, 0) is 37.9 Å². The minimum Gasteiger partial charge on any atom is -0.352 e. The van der Waals surface area contributed by atoms with E-state index in [0.717, 1.165) is 27.9 Å². The summed E-state index contributed by atoms with van der Waals surface area (Å²) in [6.07, 6.45) is 1.89. The monoisotopic (exact) mass is 532 g/mol. The third-order valence-corrected chi connectivity index (χ3v) is 4.37. The van der Waals surface area contributed by atoms with Crippen LogP contribution in [-0.2, 0) is 24.9 Å². The summed E-state index contributed by atoms with van der Waals surface area (Å²) < 4.78 is 2.01. The molecule has 1 aromatic heterocycles. The largest absolute Gasteiger partial charge is 0.352 e. The van der Waals surface area contributed by atoms with Gasteiger partial charge in [-0.25, -0.2) is 0 Å². The molecule has 1 amide bonds. The molecule has 2 rings (SSSR count). The quantitative estimate of drug-likeness (QED) is 0.327. The number of rotatable bonds is 7. The van der Waals surface area contributed by atoms with E-state index in [0.29, 0.717) is 19.6 Å². The third kappa shape index (κ3) is 8.23. The Balaban J connectivity index is 0.00000420. The van der Waals surface area contributed by atoms with Crippen LogP contribution in [0, 0.1) is 0 Å². The third-order valence-electron chi connectivity index (χ3n) is 4.17. The number of aliphatic imine (C=N–C) groups is 1. The van der Waals surface area contributed by atoms with Gasteiger partial charge in [0.05, 0.1) is 18.1 Å². The zero-order chi connectivity index (χ0) is 20.7. The molecular weight excluding hydrogens is 503 g/mol. The molecule has 1 aromatic carbocycles. The number of hydrogen-bond acceptors (Lipinski definition) is 3. The van der Waals surface area contributed by atoms with Gasteiger partial charge >= 0.3 is 0 Å². The Labute approximate surface area is 195 Å². The van der Waals surface area contributed by atoms with Crippen molar-refractivity contribution in [2.75, 3.05) is 40.1 Å². The SMILES string of the molecule is CN=C(NCc1cccc(NC(=O)CN(C)C)c1)N(C)Cc1cc(Cl)cn1C.I. The predicted octanol–water partition coefficient (Wildman–Crippen LogP) is 3.00. The van der Waals surface area contributed by atoms with Gasteiger partial charge in [-0.2, -0.15) is 0 Å². The molecule has 2 N–H and O–H groups in total. The van der Waals surface area contributed by atoms with Crippen LogP contribution in [0.15, 0.2) is 41.5 Å². The number of benzene rings is 1. The van der Waals surface area contributed by atoms with Gasteiger partial charge in [0.25, 0.3) is 0 Å². The van der Waals surface area contributed by atoms with Crippen LogP contribution in [0.1, 0.15) is 11.3 Å². The number of nitrogens with zero attached hydrogens (tertiary/aromatic N) is 4. The molecule has 2 aromatic rings. The molecule has 0 aliphatic rings. The van der Waals surface area contributed by atoms with Gasteiger partial charge in [0.2, 0.25) is 5.91 Å². The molecule has 0 saturated heterocycles. The van der Waals surface area contributed by atoms with Crippen LogP contribution >= 0.6 is 35.6 Å². The van der Waals surface area contributed by atoms with E-state index in [2.05, 4.69) is 15.6 Å². The van der Waals surface area contributed by atoms with E-state index in [4.69, 9.17) is 11.6 Å². The summed E-state index contributed by atoms with van der Waals surface area (Å²) in [4.78, 5) is 20.2. The molecule has 9 heteroatoms. The average Bonchev–Trinajstić information content (AvgIpc) is 2.92. The highest BCUT2D eigenvalue weighted by atomic mass is 127. The smallest absolute Gasteiger partial charge is 0.238 e. The normalized spacial score (nSPS) is 11.2. The van der Waals surface area contributed by atoms with Crippen molar-refractivity contribution in [2.24, 2.45) is 12.0 Å². The van der Waals surface area contributed by atoms with Crippen molar-refractivity contribution in [2.45, 2.75) is 13.1 Å². The number of guanidine groups is 1. The van der Waals surface area contributed by atoms with Gasteiger partial charge in [0.1, 0.15) is 0 Å². The van der Waals surface area contributed by atoms with Crippen LogP contribution < -0.4 is 10.6 Å². The van der Waals surface area contributed by atoms with Crippen LogP contribution in [0.2, 0.25) is 5.02 Å². The standard InChI is InChI=1S/C20H29ClN6O.HI/c1-22-20(27(5)13-18-10-16(21)12-26(18)4)23-11-15-7-6-8-17(9-15)24-19(28)14-25(2)3;/h6-10,12H,11,13-14H2,1-5H3,(H,22,23)(H,24,28);1H. The first kappa shape index (κ1) is 25.3. The highest BCUT2D eigenvalue weighted by molar-refractivity contribution is 14.0. The van der Waals surface area contributed by atoms with Crippen molar-refractivity contribution in [3.8, 4) is 0 Å². The van der Waals surface area contributed by atoms with Crippen molar-refractivity contribution < 1.29 is 4.79 Å². The fraction of sp³-hybridized carbons (Fsp3) is 0.400. The Kier molecular flexibility index (Phi) is 10.5. The summed E-state index contributed by atoms with van der Waals surface area (Å²) in [5, 5.41) is 7.00. The summed E-state index contributed by atoms with van der Waals surface area (Å²) in [6, 6.07) is 9.74. The Morgan fingerprint density at radius 2 is 1.97 bits per heavy atom. The van der Waals surface area contributed by atoms with Crippen LogP contribution in [0.25, 0.3) is 0 Å². The molecule has 0 bridgehead atoms. The van der Waals surface area contributed by atoms with E-state index in [9.17, 15) is 4.79 Å². The van der Waals surface area contributed by atoms with Gasteiger partial charge in [-0.3, -0.25) is 9.79 Å². The second kappa shape index (κ2) is 12.0. The Hall–Kier alpha value is -1.78. The molecule has 1 heterocycles. The van der Waals surface area contributed by atoms with E-state index in [1.54, 1.807) is 7.05 Å². The second-order valence-corrected chi connectivity index (χ2v) is 7.44. The summed E-state index contributed by atoms with van der Waals surface area (Å²) in [5.41, 5.74) is 2.94. The molecule has 0 radical (unpaired) electrons. The molecule has 7 nitrogen and oxygen atoms in total. The number of aromatic nitrogens is 1. The summed E-state index contributed by atoms with van der Waals surface area (Å²) in [7, 11) is 9.45. The molecule has 0 spiro atoms. The van der Waals surface area contributed by atoms with E-state index < -0.39 is 0 Å². The van der Waals surface area contributed by atoms with Gasteiger partial charge in [-0.1, -0.05) is 23.7 Å². The van der Waals surface area contributed by atoms with E-state index >= 15 is 0 Å². The van der Waals surface area contributed by atoms with E-state index in [-0.39, 0.29) is 29.9 Å². The number of anilines is 1. The number of nitrogens with one attached hydrogen (secondary N) is 2. The molecule has 0 saturated carbocycles. The maximum Gasteiger partial charge on any atom is 0.238 e. The Bertz CT molecular complexity index is 836. The first-order chi connectivity index (χ1) is 13.3. The predicted molar refractivity (Wildman–Crippen MR) is 131 cm³/mol. The molecule has 0 fully saturated rings. The summed E-state index contributed by atoms with van der Waals surface area (Å²) in [6.45, 7) is 1.63. The lowest BCUT2D eigenvalue weighted by Gasteiger charge is -2.22. The first-order valence-corrected chi connectivity index (χ1v) is 9.42. The summed E-state index contributed by atoms with van der Waals surface area (Å²) in [5.74, 6) is 0.742. The topological polar surface area (TPSA) is 64.9 Å². The second-order valence-electron chi connectivity index (χ2n) is 7.00. The van der Waals surface area contributed by atoms with Crippen molar-refractivity contribution in [3.63, 3.8) is 0 Å². The maximum absolute atomic E-state index is 11.9. The lowest BCUT2D eigenvalue weighted by atomic mass is 10.2. The van der Waals surface area contributed by atoms with E-state index in [1.807, 2.05) is 79.1 Å². The van der Waals surface area contributed by atoms with Gasteiger partial charge in [-0.15, -0.1) is 24.0 Å². The zero-order valence-electron chi connectivity index (χ0n) is 17.6. The fourth-order valence-corrected chi connectivity index (χ4v) is 3.13. The summed E-state index contributed by atoms with van der Waals surface area (Å²) >= 11 is 6.06. The highest BCUT2D eigenvalue weighted by Crippen LogP contribution is 2.14. The first-order valence-electron chi connectivity index (χ1n) is 9.04. The molecule has 0 atom stereocenters. The van der Waals surface area contributed by atoms with Crippen LogP contribution in [0.4, 0.5) is 5.69 Å². The number of aryl methyl sites for hydroxylation is 1. The van der Waals surface area contributed by atoms with Crippen LogP contribution in [0.5, 0.6) is 0 Å². The molecule has 0 unspecified atom stereocenters. The minimum absolute atomic E-state index is 0. The molecule has 29 heavy (non-hydrogen) atoms. The lowest BCUT2D eigenvalue weighted by Crippen LogP contribution is -2.38. The van der Waals surface area contributed by atoms with Crippen molar-refractivity contribution in [3.05, 3.63) is 52.8 Å². The molecule has 160 valence electrons. The van der Waals surface area contributed by atoms with E-state index in [1.165, 1.54) is 0 Å². The number of carbonyl (C=O) groups is 1. The maximum atomic E-state index is 11.9. The minimum atomic E-state index is -0.0353. The number of carbonyl (C=O) groups excluding carboxylic acids is 1. The Morgan fingerprint density at radius 1 is 1.24 bits per heavy atom. The van der Waals surface area contributed by atoms with Gasteiger partial charge in [0.15, 0.2) is 5.96 Å². The zero-order valence-corrected chi connectivity index (χ0v) is 20.7. The fourth-order valence-electron chi connectivity index (χ4n) is 2.85. The van der Waals surface area contributed by atoms with Crippen LogP contribution in [0.3, 0.4) is 0 Å². The van der Waals surface area contributed by atoms with Crippen LogP contribution in [-0.4, -0.2) is 61.0 Å². The van der Waals surface area contributed by atoms with Gasteiger partial charge < -0.3 is 25.0 Å². The number of likely N-dealkylation sites (N-methyl/N-ethyl adjacent to an activating group) is 1. The van der Waals surface area contributed by atoms with Crippen molar-refractivity contribution in [1.29, 1.82) is 0 Å². The average molecular weight is 533 g/mol. The van der Waals surface area contributed by atoms with Gasteiger partial charge in [0, 0.05) is 45.3 Å². The number of hydrogen-bond donors (Lipinski definition) is 2. The number of amides is 1. The Morgan fingerprint density at radius 3 is 2.55 bits per heavy atom. The molecule has 0 aliphatic heterocycles. The number of halogens is 2. The highest BCUT2D eigenvalue weighted by Gasteiger charge is 2.10. The van der Waals surface area contributed by atoms with Crippen molar-refractivity contribution >= 4 is 53.1 Å². The molecule has 0 aliphatic carbocycles.